The Morgan fingerprint density at radius 2 is 1.83 bits per heavy atom. The highest BCUT2D eigenvalue weighted by atomic mass is 79.9. The molecule has 5 nitrogen and oxygen atoms in total. The maximum atomic E-state index is 12.0. The Bertz CT molecular complexity index is 625. The van der Waals surface area contributed by atoms with Gasteiger partial charge in [-0.3, -0.25) is 9.10 Å². The van der Waals surface area contributed by atoms with E-state index >= 15 is 0 Å². The Kier molecular flexibility index (Phi) is 7.41. The zero-order valence-corrected chi connectivity index (χ0v) is 17.0. The summed E-state index contributed by atoms with van der Waals surface area (Å²) in [6.07, 6.45) is 1.10. The normalized spacial score (nSPS) is 12.0. The van der Waals surface area contributed by atoms with Gasteiger partial charge in [0.1, 0.15) is 6.54 Å². The first-order valence-corrected chi connectivity index (χ1v) is 10.8. The van der Waals surface area contributed by atoms with E-state index in [1.54, 1.807) is 36.0 Å². The lowest BCUT2D eigenvalue weighted by molar-refractivity contribution is -0.119. The fourth-order valence-corrected chi connectivity index (χ4v) is 3.68. The van der Waals surface area contributed by atoms with Crippen molar-refractivity contribution in [2.45, 2.75) is 25.5 Å². The number of nitrogens with zero attached hydrogens (tertiary/aromatic N) is 1. The molecule has 1 rings (SSSR count). The van der Waals surface area contributed by atoms with Crippen molar-refractivity contribution in [3.05, 3.63) is 28.7 Å². The first kappa shape index (κ1) is 20.3. The van der Waals surface area contributed by atoms with Crippen molar-refractivity contribution in [2.75, 3.05) is 29.4 Å². The van der Waals surface area contributed by atoms with Gasteiger partial charge in [-0.05, 0) is 24.3 Å². The summed E-state index contributed by atoms with van der Waals surface area (Å²) in [7, 11) is -3.53. The summed E-state index contributed by atoms with van der Waals surface area (Å²) < 4.78 is 26.0. The molecule has 1 aromatic carbocycles. The van der Waals surface area contributed by atoms with Gasteiger partial charge in [-0.15, -0.1) is 0 Å². The average Bonchev–Trinajstić information content (AvgIpc) is 2.40. The quantitative estimate of drug-likeness (QED) is 0.685. The average molecular weight is 423 g/mol. The first-order chi connectivity index (χ1) is 10.5. The molecule has 1 N–H and O–H groups in total. The van der Waals surface area contributed by atoms with Crippen molar-refractivity contribution >= 4 is 49.3 Å². The molecule has 23 heavy (non-hydrogen) atoms. The molecule has 0 aliphatic carbocycles. The molecule has 0 aliphatic heterocycles. The molecule has 1 aromatic rings. The number of halogens is 1. The van der Waals surface area contributed by atoms with Gasteiger partial charge < -0.3 is 5.32 Å². The standard InChI is InChI=1S/C15H23BrN2O3S2/c1-15(2,3)22-10-9-17-14(19)11-18(23(4,20)21)13-7-5-12(16)6-8-13/h5-8H,9-11H2,1-4H3,(H,17,19). The van der Waals surface area contributed by atoms with Crippen LogP contribution in [0.3, 0.4) is 0 Å². The highest BCUT2D eigenvalue weighted by Gasteiger charge is 2.20. The summed E-state index contributed by atoms with van der Waals surface area (Å²) in [4.78, 5) is 12.0. The molecule has 0 unspecified atom stereocenters. The Balaban J connectivity index is 2.65. The van der Waals surface area contributed by atoms with E-state index in [0.29, 0.717) is 12.2 Å². The van der Waals surface area contributed by atoms with Crippen molar-refractivity contribution in [1.82, 2.24) is 5.32 Å². The zero-order chi connectivity index (χ0) is 17.7. The van der Waals surface area contributed by atoms with E-state index in [2.05, 4.69) is 42.0 Å². The molecule has 0 atom stereocenters. The number of benzene rings is 1. The van der Waals surface area contributed by atoms with Gasteiger partial charge in [0.2, 0.25) is 15.9 Å². The molecular weight excluding hydrogens is 400 g/mol. The minimum atomic E-state index is -3.53. The number of amides is 1. The summed E-state index contributed by atoms with van der Waals surface area (Å²) in [5, 5.41) is 2.76. The molecule has 130 valence electrons. The number of sulfonamides is 1. The van der Waals surface area contributed by atoms with Crippen LogP contribution >= 0.6 is 27.7 Å². The van der Waals surface area contributed by atoms with Crippen LogP contribution in [0.2, 0.25) is 0 Å². The van der Waals surface area contributed by atoms with Gasteiger partial charge in [0, 0.05) is 21.5 Å². The summed E-state index contributed by atoms with van der Waals surface area (Å²) >= 11 is 5.05. The monoisotopic (exact) mass is 422 g/mol. The summed E-state index contributed by atoms with van der Waals surface area (Å²) in [6, 6.07) is 6.80. The predicted molar refractivity (Wildman–Crippen MR) is 102 cm³/mol. The van der Waals surface area contributed by atoms with Crippen LogP contribution in [0.25, 0.3) is 0 Å². The highest BCUT2D eigenvalue weighted by Crippen LogP contribution is 2.22. The summed E-state index contributed by atoms with van der Waals surface area (Å²) in [5.74, 6) is 0.472. The van der Waals surface area contributed by atoms with Crippen LogP contribution in [0.5, 0.6) is 0 Å². The fourth-order valence-electron chi connectivity index (χ4n) is 1.74. The molecule has 0 aromatic heterocycles. The second kappa shape index (κ2) is 8.39. The van der Waals surface area contributed by atoms with Crippen molar-refractivity contribution in [3.63, 3.8) is 0 Å². The number of rotatable bonds is 7. The number of carbonyl (C=O) groups is 1. The topological polar surface area (TPSA) is 66.5 Å². The van der Waals surface area contributed by atoms with E-state index in [9.17, 15) is 13.2 Å². The number of carbonyl (C=O) groups excluding carboxylic acids is 1. The number of nitrogens with one attached hydrogen (secondary N) is 1. The van der Waals surface area contributed by atoms with Gasteiger partial charge in [0.15, 0.2) is 0 Å². The van der Waals surface area contributed by atoms with Crippen LogP contribution in [0.1, 0.15) is 20.8 Å². The fraction of sp³-hybridized carbons (Fsp3) is 0.533. The number of hydrogen-bond donors (Lipinski definition) is 1. The lowest BCUT2D eigenvalue weighted by Crippen LogP contribution is -2.41. The van der Waals surface area contributed by atoms with Gasteiger partial charge in [-0.1, -0.05) is 36.7 Å². The lowest BCUT2D eigenvalue weighted by atomic mass is 10.3. The molecule has 0 aliphatic rings. The number of thioether (sulfide) groups is 1. The minimum Gasteiger partial charge on any atom is -0.354 e. The molecule has 0 saturated heterocycles. The van der Waals surface area contributed by atoms with Crippen LogP contribution in [-0.2, 0) is 14.8 Å². The van der Waals surface area contributed by atoms with E-state index < -0.39 is 10.0 Å². The largest absolute Gasteiger partial charge is 0.354 e. The third kappa shape index (κ3) is 8.08. The van der Waals surface area contributed by atoms with Gasteiger partial charge in [0.25, 0.3) is 0 Å². The Hall–Kier alpha value is -0.730. The zero-order valence-electron chi connectivity index (χ0n) is 13.8. The second-order valence-electron chi connectivity index (χ2n) is 6.06. The van der Waals surface area contributed by atoms with Crippen LogP contribution in [0, 0.1) is 0 Å². The smallest absolute Gasteiger partial charge is 0.240 e. The van der Waals surface area contributed by atoms with E-state index in [1.165, 1.54) is 0 Å². The predicted octanol–water partition coefficient (Wildman–Crippen LogP) is 2.86. The highest BCUT2D eigenvalue weighted by molar-refractivity contribution is 9.10. The van der Waals surface area contributed by atoms with Crippen LogP contribution in [-0.4, -0.2) is 44.2 Å². The first-order valence-electron chi connectivity index (χ1n) is 7.13. The summed E-state index contributed by atoms with van der Waals surface area (Å²) in [5.41, 5.74) is 0.468. The van der Waals surface area contributed by atoms with Gasteiger partial charge >= 0.3 is 0 Å². The summed E-state index contributed by atoms with van der Waals surface area (Å²) in [6.45, 7) is 6.62. The molecule has 0 saturated carbocycles. The molecule has 0 bridgehead atoms. The molecule has 0 radical (unpaired) electrons. The molecule has 0 heterocycles. The van der Waals surface area contributed by atoms with Gasteiger partial charge in [0.05, 0.1) is 11.9 Å². The van der Waals surface area contributed by atoms with Crippen molar-refractivity contribution in [2.24, 2.45) is 0 Å². The number of hydrogen-bond acceptors (Lipinski definition) is 4. The van der Waals surface area contributed by atoms with Gasteiger partial charge in [-0.25, -0.2) is 8.42 Å². The van der Waals surface area contributed by atoms with E-state index in [-0.39, 0.29) is 17.2 Å². The lowest BCUT2D eigenvalue weighted by Gasteiger charge is -2.22. The molecule has 1 amide bonds. The molecule has 0 spiro atoms. The van der Waals surface area contributed by atoms with Crippen LogP contribution < -0.4 is 9.62 Å². The Labute approximate surface area is 151 Å². The van der Waals surface area contributed by atoms with Crippen molar-refractivity contribution < 1.29 is 13.2 Å². The Morgan fingerprint density at radius 1 is 1.26 bits per heavy atom. The molecular formula is C15H23BrN2O3S2. The van der Waals surface area contributed by atoms with Gasteiger partial charge in [-0.2, -0.15) is 11.8 Å². The Morgan fingerprint density at radius 3 is 2.30 bits per heavy atom. The maximum absolute atomic E-state index is 12.0. The van der Waals surface area contributed by atoms with E-state index in [1.807, 2.05) is 0 Å². The van der Waals surface area contributed by atoms with Crippen LogP contribution in [0.15, 0.2) is 28.7 Å². The van der Waals surface area contributed by atoms with E-state index in [0.717, 1.165) is 20.8 Å². The second-order valence-corrected chi connectivity index (χ2v) is 10.8. The minimum absolute atomic E-state index is 0.140. The molecule has 8 heteroatoms. The van der Waals surface area contributed by atoms with E-state index in [4.69, 9.17) is 0 Å². The number of anilines is 1. The SMILES string of the molecule is CC(C)(C)SCCNC(=O)CN(c1ccc(Br)cc1)S(C)(=O)=O. The van der Waals surface area contributed by atoms with Crippen molar-refractivity contribution in [3.8, 4) is 0 Å². The third-order valence-corrected chi connectivity index (χ3v) is 5.70. The van der Waals surface area contributed by atoms with Crippen LogP contribution in [0.4, 0.5) is 5.69 Å². The maximum Gasteiger partial charge on any atom is 0.240 e. The third-order valence-electron chi connectivity index (χ3n) is 2.76. The molecule has 0 fully saturated rings. The van der Waals surface area contributed by atoms with Crippen molar-refractivity contribution in [1.29, 1.82) is 0 Å².